The first-order chi connectivity index (χ1) is 9.43. The minimum atomic E-state index is -0.898. The number of carbonyl (C=O) groups is 3. The summed E-state index contributed by atoms with van der Waals surface area (Å²) in [5.41, 5.74) is -0.125. The highest BCUT2D eigenvalue weighted by atomic mass is 35.5. The van der Waals surface area contributed by atoms with Crippen LogP contribution in [0.1, 0.15) is 17.3 Å². The molecular formula is C12H13ClN2O5. The smallest absolute Gasteiger partial charge is 0.342 e. The van der Waals surface area contributed by atoms with Crippen LogP contribution in [0, 0.1) is 0 Å². The molecule has 108 valence electrons. The molecule has 0 spiro atoms. The fraction of sp³-hybridized carbons (Fsp3) is 0.250. The number of hydrogen-bond donors (Lipinski definition) is 3. The predicted molar refractivity (Wildman–Crippen MR) is 70.6 cm³/mol. The lowest BCUT2D eigenvalue weighted by Crippen LogP contribution is -2.41. The number of hydrogen-bond acceptors (Lipinski definition) is 5. The summed E-state index contributed by atoms with van der Waals surface area (Å²) in [6, 6.07) is 3.16. The van der Waals surface area contributed by atoms with Crippen molar-refractivity contribution in [3.63, 3.8) is 0 Å². The number of halogens is 1. The highest BCUT2D eigenvalue weighted by Gasteiger charge is 2.15. The summed E-state index contributed by atoms with van der Waals surface area (Å²) >= 11 is 5.62. The first kappa shape index (κ1) is 15.8. The van der Waals surface area contributed by atoms with E-state index in [1.807, 2.05) is 5.32 Å². The number of rotatable bonds is 4. The molecule has 0 aliphatic rings. The Bertz CT molecular complexity index is 533. The van der Waals surface area contributed by atoms with Crippen molar-refractivity contribution >= 4 is 29.5 Å². The molecule has 8 heteroatoms. The van der Waals surface area contributed by atoms with E-state index in [0.29, 0.717) is 6.54 Å². The fourth-order valence-electron chi connectivity index (χ4n) is 1.25. The van der Waals surface area contributed by atoms with Gasteiger partial charge in [-0.2, -0.15) is 0 Å². The second-order valence-electron chi connectivity index (χ2n) is 3.65. The lowest BCUT2D eigenvalue weighted by atomic mass is 10.2. The van der Waals surface area contributed by atoms with Crippen LogP contribution in [0.15, 0.2) is 18.2 Å². The van der Waals surface area contributed by atoms with E-state index in [2.05, 4.69) is 10.1 Å². The number of benzene rings is 1. The number of urea groups is 1. The van der Waals surface area contributed by atoms with Gasteiger partial charge in [-0.05, 0) is 25.1 Å². The summed E-state index contributed by atoms with van der Waals surface area (Å²) in [6.45, 7) is 1.41. The number of ether oxygens (including phenoxy) is 1. The van der Waals surface area contributed by atoms with E-state index in [1.54, 1.807) is 6.92 Å². The van der Waals surface area contributed by atoms with E-state index in [-0.39, 0.29) is 16.3 Å². The Morgan fingerprint density at radius 1 is 1.35 bits per heavy atom. The second-order valence-corrected chi connectivity index (χ2v) is 4.08. The molecule has 0 atom stereocenters. The van der Waals surface area contributed by atoms with Crippen molar-refractivity contribution in [1.82, 2.24) is 10.6 Å². The average Bonchev–Trinajstić information content (AvgIpc) is 2.36. The molecule has 0 aromatic heterocycles. The topological polar surface area (TPSA) is 105 Å². The van der Waals surface area contributed by atoms with E-state index in [9.17, 15) is 19.5 Å². The Morgan fingerprint density at radius 3 is 2.65 bits per heavy atom. The molecule has 3 N–H and O–H groups in total. The van der Waals surface area contributed by atoms with Crippen LogP contribution >= 0.6 is 11.6 Å². The summed E-state index contributed by atoms with van der Waals surface area (Å²) in [7, 11) is 0. The summed E-state index contributed by atoms with van der Waals surface area (Å²) in [4.78, 5) is 33.9. The van der Waals surface area contributed by atoms with Crippen molar-refractivity contribution in [1.29, 1.82) is 0 Å². The van der Waals surface area contributed by atoms with Gasteiger partial charge in [0.1, 0.15) is 11.3 Å². The lowest BCUT2D eigenvalue weighted by Gasteiger charge is -2.07. The molecule has 0 unspecified atom stereocenters. The SMILES string of the molecule is CCNC(=O)NC(=O)COC(=O)c1ccc(Cl)cc1O. The Balaban J connectivity index is 2.51. The van der Waals surface area contributed by atoms with Crippen LogP contribution in [0.4, 0.5) is 4.79 Å². The quantitative estimate of drug-likeness (QED) is 0.721. The molecule has 3 amide bonds. The lowest BCUT2D eigenvalue weighted by molar-refractivity contribution is -0.123. The summed E-state index contributed by atoms with van der Waals surface area (Å²) in [6.07, 6.45) is 0. The zero-order valence-electron chi connectivity index (χ0n) is 10.6. The third kappa shape index (κ3) is 4.77. The van der Waals surface area contributed by atoms with Crippen LogP contribution in [-0.4, -0.2) is 36.2 Å². The second kappa shape index (κ2) is 7.34. The first-order valence-corrected chi connectivity index (χ1v) is 6.05. The molecule has 0 saturated heterocycles. The van der Waals surface area contributed by atoms with E-state index in [0.717, 1.165) is 0 Å². The highest BCUT2D eigenvalue weighted by Crippen LogP contribution is 2.22. The minimum Gasteiger partial charge on any atom is -0.507 e. The summed E-state index contributed by atoms with van der Waals surface area (Å²) in [5.74, 6) is -2.03. The number of carbonyl (C=O) groups excluding carboxylic acids is 3. The zero-order chi connectivity index (χ0) is 15.1. The minimum absolute atomic E-state index is 0.125. The highest BCUT2D eigenvalue weighted by molar-refractivity contribution is 6.30. The number of phenols is 1. The number of phenolic OH excluding ortho intramolecular Hbond substituents is 1. The number of imide groups is 1. The fourth-order valence-corrected chi connectivity index (χ4v) is 1.42. The summed E-state index contributed by atoms with van der Waals surface area (Å²) < 4.78 is 4.66. The average molecular weight is 301 g/mol. The molecule has 0 saturated carbocycles. The molecule has 0 heterocycles. The Hall–Kier alpha value is -2.28. The third-order valence-electron chi connectivity index (χ3n) is 2.10. The van der Waals surface area contributed by atoms with Gasteiger partial charge in [-0.1, -0.05) is 11.6 Å². The maximum atomic E-state index is 11.6. The van der Waals surface area contributed by atoms with E-state index in [4.69, 9.17) is 11.6 Å². The molecule has 20 heavy (non-hydrogen) atoms. The summed E-state index contributed by atoms with van der Waals surface area (Å²) in [5, 5.41) is 14.1. The molecule has 0 radical (unpaired) electrons. The van der Waals surface area contributed by atoms with Gasteiger partial charge >= 0.3 is 12.0 Å². The molecule has 0 aliphatic heterocycles. The van der Waals surface area contributed by atoms with Gasteiger partial charge in [-0.15, -0.1) is 0 Å². The molecule has 1 aromatic rings. The van der Waals surface area contributed by atoms with Crippen LogP contribution in [0.25, 0.3) is 0 Å². The largest absolute Gasteiger partial charge is 0.507 e. The van der Waals surface area contributed by atoms with Gasteiger partial charge in [-0.3, -0.25) is 10.1 Å². The van der Waals surface area contributed by atoms with Crippen LogP contribution in [-0.2, 0) is 9.53 Å². The molecule has 7 nitrogen and oxygen atoms in total. The van der Waals surface area contributed by atoms with E-state index < -0.39 is 24.5 Å². The molecule has 0 fully saturated rings. The maximum Gasteiger partial charge on any atom is 0.342 e. The Kier molecular flexibility index (Phi) is 5.79. The van der Waals surface area contributed by atoms with Gasteiger partial charge in [0.25, 0.3) is 5.91 Å². The van der Waals surface area contributed by atoms with Crippen molar-refractivity contribution in [2.24, 2.45) is 0 Å². The van der Waals surface area contributed by atoms with Crippen LogP contribution in [0.2, 0.25) is 5.02 Å². The molecule has 0 bridgehead atoms. The zero-order valence-corrected chi connectivity index (χ0v) is 11.4. The maximum absolute atomic E-state index is 11.6. The Labute approximate surface area is 119 Å². The van der Waals surface area contributed by atoms with Gasteiger partial charge in [0.2, 0.25) is 0 Å². The van der Waals surface area contributed by atoms with Gasteiger partial charge in [0, 0.05) is 11.6 Å². The van der Waals surface area contributed by atoms with Crippen molar-refractivity contribution in [3.05, 3.63) is 28.8 Å². The van der Waals surface area contributed by atoms with E-state index in [1.165, 1.54) is 18.2 Å². The molecule has 1 rings (SSSR count). The van der Waals surface area contributed by atoms with Crippen LogP contribution in [0.5, 0.6) is 5.75 Å². The Morgan fingerprint density at radius 2 is 2.05 bits per heavy atom. The number of nitrogens with one attached hydrogen (secondary N) is 2. The van der Waals surface area contributed by atoms with Crippen LogP contribution in [0.3, 0.4) is 0 Å². The van der Waals surface area contributed by atoms with Gasteiger partial charge in [-0.25, -0.2) is 9.59 Å². The standard InChI is InChI=1S/C12H13ClN2O5/c1-2-14-12(19)15-10(17)6-20-11(18)8-4-3-7(13)5-9(8)16/h3-5,16H,2,6H2,1H3,(H2,14,15,17,19). The van der Waals surface area contributed by atoms with E-state index >= 15 is 0 Å². The number of esters is 1. The monoisotopic (exact) mass is 300 g/mol. The number of amides is 3. The van der Waals surface area contributed by atoms with Crippen molar-refractivity contribution in [3.8, 4) is 5.75 Å². The third-order valence-corrected chi connectivity index (χ3v) is 2.34. The first-order valence-electron chi connectivity index (χ1n) is 5.67. The molecule has 1 aromatic carbocycles. The van der Waals surface area contributed by atoms with Crippen molar-refractivity contribution in [2.75, 3.05) is 13.2 Å². The normalized spacial score (nSPS) is 9.70. The predicted octanol–water partition coefficient (Wildman–Crippen LogP) is 1.05. The van der Waals surface area contributed by atoms with Gasteiger partial charge < -0.3 is 15.2 Å². The number of aromatic hydroxyl groups is 1. The van der Waals surface area contributed by atoms with Gasteiger partial charge in [0.15, 0.2) is 6.61 Å². The van der Waals surface area contributed by atoms with Crippen LogP contribution < -0.4 is 10.6 Å². The van der Waals surface area contributed by atoms with Gasteiger partial charge in [0.05, 0.1) is 0 Å². The molecule has 0 aliphatic carbocycles. The van der Waals surface area contributed by atoms with Crippen molar-refractivity contribution in [2.45, 2.75) is 6.92 Å². The molecular weight excluding hydrogens is 288 g/mol. The van der Waals surface area contributed by atoms with Crippen molar-refractivity contribution < 1.29 is 24.2 Å².